The Morgan fingerprint density at radius 1 is 1.33 bits per heavy atom. The van der Waals surface area contributed by atoms with Gasteiger partial charge in [0, 0.05) is 12.8 Å². The molecule has 4 heteroatoms. The number of aromatic nitrogens is 1. The van der Waals surface area contributed by atoms with Crippen molar-refractivity contribution in [2.24, 2.45) is 0 Å². The highest BCUT2D eigenvalue weighted by Crippen LogP contribution is 2.40. The summed E-state index contributed by atoms with van der Waals surface area (Å²) < 4.78 is 12.9. The van der Waals surface area contributed by atoms with Crippen molar-refractivity contribution in [2.75, 3.05) is 6.61 Å². The van der Waals surface area contributed by atoms with Gasteiger partial charge in [-0.25, -0.2) is 4.98 Å². The zero-order chi connectivity index (χ0) is 12.4. The van der Waals surface area contributed by atoms with Crippen LogP contribution in [-0.2, 0) is 4.74 Å². The molecule has 0 bridgehead atoms. The molecular formula is C14H18BrNO2. The summed E-state index contributed by atoms with van der Waals surface area (Å²) in [5.74, 6) is 0.859. The van der Waals surface area contributed by atoms with Gasteiger partial charge in [0.05, 0.1) is 18.4 Å². The van der Waals surface area contributed by atoms with Gasteiger partial charge >= 0.3 is 0 Å². The maximum Gasteiger partial charge on any atom is 0.138 e. The van der Waals surface area contributed by atoms with E-state index in [0.29, 0.717) is 0 Å². The smallest absolute Gasteiger partial charge is 0.138 e. The number of ether oxygens (including phenoxy) is 2. The number of nitrogens with zero attached hydrogens (tertiary/aromatic N) is 1. The first-order chi connectivity index (χ1) is 8.76. The second-order valence-electron chi connectivity index (χ2n) is 5.29. The van der Waals surface area contributed by atoms with Gasteiger partial charge in [-0.3, -0.25) is 0 Å². The molecule has 0 aromatic carbocycles. The first kappa shape index (κ1) is 12.4. The van der Waals surface area contributed by atoms with E-state index in [0.717, 1.165) is 29.8 Å². The Kier molecular flexibility index (Phi) is 3.57. The third-order valence-corrected chi connectivity index (χ3v) is 4.43. The van der Waals surface area contributed by atoms with Gasteiger partial charge < -0.3 is 9.47 Å². The molecule has 0 amide bonds. The summed E-state index contributed by atoms with van der Waals surface area (Å²) in [6, 6.07) is 3.88. The van der Waals surface area contributed by atoms with Crippen LogP contribution in [0.1, 0.15) is 38.5 Å². The van der Waals surface area contributed by atoms with Crippen LogP contribution in [0.15, 0.2) is 22.9 Å². The average Bonchev–Trinajstić information content (AvgIpc) is 2.80. The molecule has 1 aromatic rings. The molecule has 2 fully saturated rings. The minimum atomic E-state index is 0.117. The van der Waals surface area contributed by atoms with Crippen molar-refractivity contribution >= 4 is 15.9 Å². The lowest BCUT2D eigenvalue weighted by Crippen LogP contribution is -2.41. The molecule has 0 radical (unpaired) electrons. The molecule has 3 rings (SSSR count). The van der Waals surface area contributed by atoms with Crippen molar-refractivity contribution in [3.8, 4) is 5.75 Å². The molecule has 1 aliphatic carbocycles. The molecule has 1 spiro atoms. The number of halogens is 1. The zero-order valence-corrected chi connectivity index (χ0v) is 12.0. The molecule has 2 heterocycles. The van der Waals surface area contributed by atoms with E-state index in [2.05, 4.69) is 20.9 Å². The van der Waals surface area contributed by atoms with E-state index in [4.69, 9.17) is 9.47 Å². The van der Waals surface area contributed by atoms with Crippen LogP contribution in [0, 0.1) is 0 Å². The molecule has 98 valence electrons. The Hall–Kier alpha value is -0.610. The minimum Gasteiger partial charge on any atom is -0.489 e. The minimum absolute atomic E-state index is 0.117. The number of hydrogen-bond donors (Lipinski definition) is 0. The van der Waals surface area contributed by atoms with E-state index in [1.54, 1.807) is 6.20 Å². The monoisotopic (exact) mass is 311 g/mol. The highest BCUT2D eigenvalue weighted by molar-refractivity contribution is 9.10. The van der Waals surface area contributed by atoms with Crippen molar-refractivity contribution < 1.29 is 9.47 Å². The Labute approximate surface area is 116 Å². The van der Waals surface area contributed by atoms with Gasteiger partial charge in [-0.15, -0.1) is 0 Å². The third-order valence-electron chi connectivity index (χ3n) is 3.97. The average molecular weight is 312 g/mol. The summed E-state index contributed by atoms with van der Waals surface area (Å²) in [6.07, 6.45) is 9.07. The summed E-state index contributed by atoms with van der Waals surface area (Å²) in [5.41, 5.74) is 0.117. The summed E-state index contributed by atoms with van der Waals surface area (Å²) in [4.78, 5) is 4.19. The predicted molar refractivity (Wildman–Crippen MR) is 72.7 cm³/mol. The first-order valence-electron chi connectivity index (χ1n) is 6.68. The van der Waals surface area contributed by atoms with Gasteiger partial charge in [0.15, 0.2) is 0 Å². The fraction of sp³-hybridized carbons (Fsp3) is 0.643. The SMILES string of the molecule is Brc1ccc(OC2CCOC3(CCCC3)C2)cn1. The van der Waals surface area contributed by atoms with E-state index in [-0.39, 0.29) is 11.7 Å². The van der Waals surface area contributed by atoms with Crippen molar-refractivity contribution in [3.05, 3.63) is 22.9 Å². The lowest BCUT2D eigenvalue weighted by atomic mass is 9.90. The van der Waals surface area contributed by atoms with Crippen LogP contribution in [-0.4, -0.2) is 23.3 Å². The van der Waals surface area contributed by atoms with Crippen LogP contribution in [0.2, 0.25) is 0 Å². The molecule has 1 saturated heterocycles. The summed E-state index contributed by atoms with van der Waals surface area (Å²) in [5, 5.41) is 0. The summed E-state index contributed by atoms with van der Waals surface area (Å²) >= 11 is 3.33. The second-order valence-corrected chi connectivity index (χ2v) is 6.10. The van der Waals surface area contributed by atoms with Crippen LogP contribution >= 0.6 is 15.9 Å². The van der Waals surface area contributed by atoms with Crippen LogP contribution in [0.5, 0.6) is 5.75 Å². The van der Waals surface area contributed by atoms with E-state index in [1.165, 1.54) is 25.7 Å². The van der Waals surface area contributed by atoms with Crippen molar-refractivity contribution in [3.63, 3.8) is 0 Å². The Morgan fingerprint density at radius 2 is 2.17 bits per heavy atom. The Morgan fingerprint density at radius 3 is 2.89 bits per heavy atom. The molecular weight excluding hydrogens is 294 g/mol. The zero-order valence-electron chi connectivity index (χ0n) is 10.4. The van der Waals surface area contributed by atoms with E-state index >= 15 is 0 Å². The van der Waals surface area contributed by atoms with Crippen molar-refractivity contribution in [2.45, 2.75) is 50.2 Å². The van der Waals surface area contributed by atoms with Gasteiger partial charge in [-0.05, 0) is 40.9 Å². The van der Waals surface area contributed by atoms with E-state index in [9.17, 15) is 0 Å². The topological polar surface area (TPSA) is 31.4 Å². The normalized spacial score (nSPS) is 26.4. The Balaban J connectivity index is 1.64. The van der Waals surface area contributed by atoms with Crippen molar-refractivity contribution in [1.82, 2.24) is 4.98 Å². The van der Waals surface area contributed by atoms with Crippen LogP contribution in [0.3, 0.4) is 0 Å². The van der Waals surface area contributed by atoms with Crippen LogP contribution < -0.4 is 4.74 Å². The van der Waals surface area contributed by atoms with E-state index in [1.807, 2.05) is 12.1 Å². The van der Waals surface area contributed by atoms with Crippen LogP contribution in [0.4, 0.5) is 0 Å². The predicted octanol–water partition coefficient (Wildman–Crippen LogP) is 3.71. The number of hydrogen-bond acceptors (Lipinski definition) is 3. The maximum atomic E-state index is 6.03. The lowest BCUT2D eigenvalue weighted by Gasteiger charge is -2.38. The Bertz CT molecular complexity index is 401. The summed E-state index contributed by atoms with van der Waals surface area (Å²) in [6.45, 7) is 0.828. The highest BCUT2D eigenvalue weighted by atomic mass is 79.9. The molecule has 1 saturated carbocycles. The molecule has 1 aromatic heterocycles. The molecule has 1 aliphatic heterocycles. The molecule has 3 nitrogen and oxygen atoms in total. The first-order valence-corrected chi connectivity index (χ1v) is 7.47. The number of rotatable bonds is 2. The highest BCUT2D eigenvalue weighted by Gasteiger charge is 2.40. The lowest BCUT2D eigenvalue weighted by molar-refractivity contribution is -0.108. The molecule has 1 atom stereocenters. The fourth-order valence-corrected chi connectivity index (χ4v) is 3.31. The van der Waals surface area contributed by atoms with Gasteiger partial charge in [0.2, 0.25) is 0 Å². The van der Waals surface area contributed by atoms with Gasteiger partial charge in [0.25, 0.3) is 0 Å². The molecule has 18 heavy (non-hydrogen) atoms. The number of pyridine rings is 1. The van der Waals surface area contributed by atoms with Gasteiger partial charge in [-0.1, -0.05) is 12.8 Å². The standard InChI is InChI=1S/C14H18BrNO2/c15-13-4-3-12(10-16-13)18-11-5-8-17-14(9-11)6-1-2-7-14/h3-4,10-11H,1-2,5-9H2. The van der Waals surface area contributed by atoms with Gasteiger partial charge in [-0.2, -0.15) is 0 Å². The fourth-order valence-electron chi connectivity index (χ4n) is 3.08. The quantitative estimate of drug-likeness (QED) is 0.780. The molecule has 1 unspecified atom stereocenters. The maximum absolute atomic E-state index is 6.03. The summed E-state index contributed by atoms with van der Waals surface area (Å²) in [7, 11) is 0. The second kappa shape index (κ2) is 5.17. The largest absolute Gasteiger partial charge is 0.489 e. The van der Waals surface area contributed by atoms with Gasteiger partial charge in [0.1, 0.15) is 16.5 Å². The van der Waals surface area contributed by atoms with Crippen LogP contribution in [0.25, 0.3) is 0 Å². The third kappa shape index (κ3) is 2.69. The molecule has 2 aliphatic rings. The van der Waals surface area contributed by atoms with E-state index < -0.39 is 0 Å². The van der Waals surface area contributed by atoms with Crippen molar-refractivity contribution in [1.29, 1.82) is 0 Å². The molecule has 0 N–H and O–H groups in total.